The van der Waals surface area contributed by atoms with E-state index < -0.39 is 0 Å². The molecule has 0 aliphatic heterocycles. The smallest absolute Gasteiger partial charge is 0.230 e. The Morgan fingerprint density at radius 2 is 2.14 bits per heavy atom. The lowest BCUT2D eigenvalue weighted by molar-refractivity contribution is 0.103. The summed E-state index contributed by atoms with van der Waals surface area (Å²) in [6.45, 7) is 0. The lowest BCUT2D eigenvalue weighted by atomic mass is 10.1. The fraction of sp³-hybridized carbons (Fsp3) is 0. The summed E-state index contributed by atoms with van der Waals surface area (Å²) in [4.78, 5) is 18.4. The third-order valence-electron chi connectivity index (χ3n) is 1.92. The highest BCUT2D eigenvalue weighted by Crippen LogP contribution is 2.13. The second-order valence-electron chi connectivity index (χ2n) is 2.85. The van der Waals surface area contributed by atoms with Gasteiger partial charge in [-0.25, -0.2) is 4.98 Å². The molecule has 4 heteroatoms. The molecule has 0 amide bonds. The number of aromatic amines is 1. The summed E-state index contributed by atoms with van der Waals surface area (Å²) in [5, 5.41) is 0. The van der Waals surface area contributed by atoms with Gasteiger partial charge in [-0.1, -0.05) is 12.1 Å². The average Bonchev–Trinajstić information content (AvgIpc) is 2.70. The second kappa shape index (κ2) is 3.33. The summed E-state index contributed by atoms with van der Waals surface area (Å²) in [6.07, 6.45) is 3.14. The Balaban J connectivity index is 2.42. The van der Waals surface area contributed by atoms with Gasteiger partial charge in [0.1, 0.15) is 0 Å². The summed E-state index contributed by atoms with van der Waals surface area (Å²) in [6, 6.07) is 6.93. The summed E-state index contributed by atoms with van der Waals surface area (Å²) in [5.41, 5.74) is 6.61. The molecule has 0 fully saturated rings. The van der Waals surface area contributed by atoms with Crippen LogP contribution in [-0.4, -0.2) is 15.8 Å². The fourth-order valence-electron chi connectivity index (χ4n) is 1.22. The third kappa shape index (κ3) is 1.37. The van der Waals surface area contributed by atoms with Gasteiger partial charge in [-0.05, 0) is 12.1 Å². The molecule has 0 saturated heterocycles. The largest absolute Gasteiger partial charge is 0.398 e. The normalized spacial score (nSPS) is 10.0. The van der Waals surface area contributed by atoms with Crippen LogP contribution in [0.4, 0.5) is 5.69 Å². The van der Waals surface area contributed by atoms with E-state index in [4.69, 9.17) is 5.73 Å². The molecule has 2 aromatic rings. The molecule has 0 aliphatic rings. The van der Waals surface area contributed by atoms with E-state index in [1.165, 1.54) is 6.20 Å². The van der Waals surface area contributed by atoms with Crippen LogP contribution in [0, 0.1) is 0 Å². The number of H-pyrrole nitrogens is 1. The van der Waals surface area contributed by atoms with Crippen molar-refractivity contribution in [2.45, 2.75) is 0 Å². The number of nitrogens with two attached hydrogens (primary N) is 1. The van der Waals surface area contributed by atoms with Crippen molar-refractivity contribution in [3.63, 3.8) is 0 Å². The second-order valence-corrected chi connectivity index (χ2v) is 2.85. The molecule has 1 heterocycles. The number of rotatable bonds is 2. The molecular weight excluding hydrogens is 178 g/mol. The van der Waals surface area contributed by atoms with Gasteiger partial charge in [0.25, 0.3) is 0 Å². The Kier molecular flexibility index (Phi) is 2.02. The van der Waals surface area contributed by atoms with Gasteiger partial charge in [-0.15, -0.1) is 0 Å². The number of nitrogens with zero attached hydrogens (tertiary/aromatic N) is 1. The van der Waals surface area contributed by atoms with Crippen molar-refractivity contribution in [1.82, 2.24) is 9.97 Å². The van der Waals surface area contributed by atoms with Crippen molar-refractivity contribution < 1.29 is 4.79 Å². The summed E-state index contributed by atoms with van der Waals surface area (Å²) >= 11 is 0. The molecule has 3 N–H and O–H groups in total. The number of anilines is 1. The van der Waals surface area contributed by atoms with Crippen LogP contribution in [0.5, 0.6) is 0 Å². The molecule has 0 saturated carbocycles. The first-order valence-electron chi connectivity index (χ1n) is 4.17. The van der Waals surface area contributed by atoms with Crippen LogP contribution in [0.1, 0.15) is 16.2 Å². The maximum absolute atomic E-state index is 11.8. The van der Waals surface area contributed by atoms with Crippen LogP contribution in [0.3, 0.4) is 0 Å². The van der Waals surface area contributed by atoms with Crippen molar-refractivity contribution in [3.8, 4) is 0 Å². The Bertz CT molecular complexity index is 448. The van der Waals surface area contributed by atoms with E-state index in [0.717, 1.165) is 0 Å². The van der Waals surface area contributed by atoms with Gasteiger partial charge in [-0.3, -0.25) is 4.79 Å². The number of hydrogen-bond acceptors (Lipinski definition) is 3. The number of benzene rings is 1. The molecule has 70 valence electrons. The molecule has 1 aromatic carbocycles. The molecular formula is C10H9N3O. The van der Waals surface area contributed by atoms with Crippen LogP contribution >= 0.6 is 0 Å². The van der Waals surface area contributed by atoms with E-state index in [2.05, 4.69) is 9.97 Å². The number of aromatic nitrogens is 2. The average molecular weight is 187 g/mol. The minimum Gasteiger partial charge on any atom is -0.398 e. The summed E-state index contributed by atoms with van der Waals surface area (Å²) in [5.74, 6) is 0.121. The number of imidazole rings is 1. The molecule has 0 unspecified atom stereocenters. The highest BCUT2D eigenvalue weighted by molar-refractivity contribution is 6.09. The number of ketones is 1. The minimum absolute atomic E-state index is 0.187. The van der Waals surface area contributed by atoms with Crippen LogP contribution < -0.4 is 5.73 Å². The molecule has 0 aliphatic carbocycles. The molecule has 1 aromatic heterocycles. The predicted molar refractivity (Wildman–Crippen MR) is 52.9 cm³/mol. The van der Waals surface area contributed by atoms with Crippen molar-refractivity contribution in [2.24, 2.45) is 0 Å². The van der Waals surface area contributed by atoms with Gasteiger partial charge >= 0.3 is 0 Å². The predicted octanol–water partition coefficient (Wildman–Crippen LogP) is 1.22. The maximum atomic E-state index is 11.8. The third-order valence-corrected chi connectivity index (χ3v) is 1.92. The minimum atomic E-state index is -0.187. The highest BCUT2D eigenvalue weighted by Gasteiger charge is 2.12. The zero-order chi connectivity index (χ0) is 9.97. The summed E-state index contributed by atoms with van der Waals surface area (Å²) < 4.78 is 0. The van der Waals surface area contributed by atoms with Crippen LogP contribution in [0.25, 0.3) is 0 Å². The zero-order valence-electron chi connectivity index (χ0n) is 7.40. The highest BCUT2D eigenvalue weighted by atomic mass is 16.1. The first kappa shape index (κ1) is 8.50. The Morgan fingerprint density at radius 3 is 2.79 bits per heavy atom. The maximum Gasteiger partial charge on any atom is 0.230 e. The van der Waals surface area contributed by atoms with Gasteiger partial charge < -0.3 is 10.7 Å². The van der Waals surface area contributed by atoms with E-state index in [9.17, 15) is 4.79 Å². The number of carbonyl (C=O) groups is 1. The van der Waals surface area contributed by atoms with Crippen molar-refractivity contribution in [1.29, 1.82) is 0 Å². The van der Waals surface area contributed by atoms with E-state index in [0.29, 0.717) is 17.1 Å². The van der Waals surface area contributed by atoms with E-state index in [1.807, 2.05) is 0 Å². The topological polar surface area (TPSA) is 71.8 Å². The Labute approximate surface area is 80.8 Å². The van der Waals surface area contributed by atoms with Gasteiger partial charge in [0.05, 0.1) is 0 Å². The van der Waals surface area contributed by atoms with Gasteiger partial charge in [0.2, 0.25) is 5.78 Å². The zero-order valence-corrected chi connectivity index (χ0v) is 7.40. The quantitative estimate of drug-likeness (QED) is 0.548. The first-order chi connectivity index (χ1) is 6.79. The van der Waals surface area contributed by atoms with Crippen LogP contribution in [0.15, 0.2) is 36.7 Å². The van der Waals surface area contributed by atoms with Crippen molar-refractivity contribution in [2.75, 3.05) is 5.73 Å². The SMILES string of the molecule is Nc1ccccc1C(=O)c1ncc[nH]1. The van der Waals surface area contributed by atoms with Crippen LogP contribution in [-0.2, 0) is 0 Å². The lowest BCUT2D eigenvalue weighted by Crippen LogP contribution is -2.06. The number of carbonyl (C=O) groups excluding carboxylic acids is 1. The fourth-order valence-corrected chi connectivity index (χ4v) is 1.22. The molecule has 0 spiro atoms. The van der Waals surface area contributed by atoms with E-state index in [1.54, 1.807) is 30.5 Å². The van der Waals surface area contributed by atoms with Crippen LogP contribution in [0.2, 0.25) is 0 Å². The molecule has 0 bridgehead atoms. The first-order valence-corrected chi connectivity index (χ1v) is 4.17. The van der Waals surface area contributed by atoms with Gasteiger partial charge in [-0.2, -0.15) is 0 Å². The summed E-state index contributed by atoms with van der Waals surface area (Å²) in [7, 11) is 0. The van der Waals surface area contributed by atoms with Crippen molar-refractivity contribution in [3.05, 3.63) is 48.0 Å². The Hall–Kier alpha value is -2.10. The number of nitrogens with one attached hydrogen (secondary N) is 1. The van der Waals surface area contributed by atoms with E-state index in [-0.39, 0.29) is 5.78 Å². The molecule has 0 radical (unpaired) electrons. The number of nitrogen functional groups attached to an aromatic ring is 1. The number of para-hydroxylation sites is 1. The Morgan fingerprint density at radius 1 is 1.36 bits per heavy atom. The van der Waals surface area contributed by atoms with Gasteiger partial charge in [0.15, 0.2) is 5.82 Å². The lowest BCUT2D eigenvalue weighted by Gasteiger charge is -2.00. The molecule has 14 heavy (non-hydrogen) atoms. The van der Waals surface area contributed by atoms with Crippen molar-refractivity contribution >= 4 is 11.5 Å². The monoisotopic (exact) mass is 187 g/mol. The molecule has 4 nitrogen and oxygen atoms in total. The van der Waals surface area contributed by atoms with Gasteiger partial charge in [0, 0.05) is 23.6 Å². The molecule has 2 rings (SSSR count). The standard InChI is InChI=1S/C10H9N3O/c11-8-4-2-1-3-7(8)9(14)10-12-5-6-13-10/h1-6H,11H2,(H,12,13). The molecule has 0 atom stereocenters. The van der Waals surface area contributed by atoms with E-state index >= 15 is 0 Å². The number of hydrogen-bond donors (Lipinski definition) is 2.